The summed E-state index contributed by atoms with van der Waals surface area (Å²) in [5, 5.41) is 13.3. The molecule has 1 N–H and O–H groups in total. The molecular weight excluding hydrogens is 401 g/mol. The number of pyridine rings is 1. The van der Waals surface area contributed by atoms with Gasteiger partial charge in [0.1, 0.15) is 22.6 Å². The minimum atomic E-state index is -0.534. The molecule has 1 unspecified atom stereocenters. The lowest BCUT2D eigenvalue weighted by Crippen LogP contribution is -2.13. The van der Waals surface area contributed by atoms with Crippen LogP contribution in [0.2, 0.25) is 5.15 Å². The van der Waals surface area contributed by atoms with E-state index in [0.717, 1.165) is 5.75 Å². The topological polar surface area (TPSA) is 78.9 Å². The molecule has 0 bridgehead atoms. The molecule has 0 radical (unpaired) electrons. The zero-order valence-corrected chi connectivity index (χ0v) is 17.0. The van der Waals surface area contributed by atoms with Gasteiger partial charge in [0, 0.05) is 11.1 Å². The van der Waals surface area contributed by atoms with E-state index in [4.69, 9.17) is 16.0 Å². The van der Waals surface area contributed by atoms with Crippen molar-refractivity contribution in [3.8, 4) is 6.07 Å². The number of nitrogens with zero attached hydrogens (tertiary/aromatic N) is 2. The number of benzene rings is 1. The molecule has 2 aromatic heterocycles. The number of halogens is 2. The summed E-state index contributed by atoms with van der Waals surface area (Å²) in [6.07, 6.45) is 0. The molecule has 8 heteroatoms. The van der Waals surface area contributed by atoms with Crippen LogP contribution in [0.25, 0.3) is 11.0 Å². The second-order valence-corrected chi connectivity index (χ2v) is 7.78. The molecule has 0 fully saturated rings. The molecular formula is C20H17ClFN3O2S. The number of rotatable bonds is 5. The van der Waals surface area contributed by atoms with Crippen LogP contribution >= 0.6 is 23.4 Å². The van der Waals surface area contributed by atoms with Gasteiger partial charge in [0.05, 0.1) is 17.1 Å². The number of hydrogen-bond acceptors (Lipinski definition) is 6. The third-order valence-electron chi connectivity index (χ3n) is 4.25. The van der Waals surface area contributed by atoms with Crippen molar-refractivity contribution in [1.29, 1.82) is 5.26 Å². The summed E-state index contributed by atoms with van der Waals surface area (Å²) in [6.45, 7) is 5.42. The van der Waals surface area contributed by atoms with Crippen LogP contribution in [-0.4, -0.2) is 10.7 Å². The number of nitriles is 1. The molecule has 0 aliphatic carbocycles. The fourth-order valence-electron chi connectivity index (χ4n) is 2.90. The monoisotopic (exact) mass is 417 g/mol. The van der Waals surface area contributed by atoms with E-state index in [2.05, 4.69) is 10.3 Å². The summed E-state index contributed by atoms with van der Waals surface area (Å²) in [6, 6.07) is 7.22. The Morgan fingerprint density at radius 2 is 2.18 bits per heavy atom. The Labute approximate surface area is 170 Å². The van der Waals surface area contributed by atoms with E-state index in [-0.39, 0.29) is 21.7 Å². The van der Waals surface area contributed by atoms with Crippen LogP contribution in [0.3, 0.4) is 0 Å². The molecule has 1 aromatic carbocycles. The molecule has 0 saturated carbocycles. The van der Waals surface area contributed by atoms with Gasteiger partial charge in [-0.1, -0.05) is 30.3 Å². The number of thioether (sulfide) groups is 1. The summed E-state index contributed by atoms with van der Waals surface area (Å²) in [7, 11) is 0. The first-order chi connectivity index (χ1) is 13.3. The minimum Gasteiger partial charge on any atom is -0.449 e. The molecule has 0 amide bonds. The van der Waals surface area contributed by atoms with E-state index in [1.165, 1.54) is 23.9 Å². The highest BCUT2D eigenvalue weighted by Gasteiger charge is 2.19. The van der Waals surface area contributed by atoms with Crippen molar-refractivity contribution < 1.29 is 8.81 Å². The summed E-state index contributed by atoms with van der Waals surface area (Å²) in [5.74, 6) is 0.204. The number of fused-ring (bicyclic) bond motifs is 1. The lowest BCUT2D eigenvalue weighted by Gasteiger charge is -2.18. The van der Waals surface area contributed by atoms with Gasteiger partial charge in [-0.2, -0.15) is 5.26 Å². The summed E-state index contributed by atoms with van der Waals surface area (Å²) in [4.78, 5) is 16.7. The van der Waals surface area contributed by atoms with E-state index >= 15 is 0 Å². The molecule has 144 valence electrons. The summed E-state index contributed by atoms with van der Waals surface area (Å²) in [5.41, 5.74) is 1.59. The van der Waals surface area contributed by atoms with Crippen molar-refractivity contribution >= 4 is 40.0 Å². The quantitative estimate of drug-likeness (QED) is 0.439. The third kappa shape index (κ3) is 3.84. The summed E-state index contributed by atoms with van der Waals surface area (Å²) < 4.78 is 20.2. The molecule has 0 aliphatic rings. The third-order valence-corrected chi connectivity index (χ3v) is 5.40. The Balaban J connectivity index is 2.14. The highest BCUT2D eigenvalue weighted by molar-refractivity contribution is 7.99. The van der Waals surface area contributed by atoms with Gasteiger partial charge in [-0.15, -0.1) is 0 Å². The van der Waals surface area contributed by atoms with Gasteiger partial charge < -0.3 is 9.73 Å². The molecule has 1 atom stereocenters. The van der Waals surface area contributed by atoms with Crippen LogP contribution in [-0.2, 0) is 0 Å². The molecule has 0 aliphatic heterocycles. The normalized spacial score (nSPS) is 12.0. The van der Waals surface area contributed by atoms with Crippen LogP contribution in [0.15, 0.2) is 38.6 Å². The zero-order chi connectivity index (χ0) is 20.4. The molecule has 28 heavy (non-hydrogen) atoms. The SMILES string of the molecule is CCSc1oc2c(C(C)Nc3ccc(Cl)nc3C#N)cc(F)cc2c(=O)c1C. The number of aromatic nitrogens is 1. The fraction of sp³-hybridized carbons (Fsp3) is 0.250. The van der Waals surface area contributed by atoms with Crippen molar-refractivity contribution in [3.63, 3.8) is 0 Å². The average Bonchev–Trinajstić information content (AvgIpc) is 2.67. The van der Waals surface area contributed by atoms with Crippen LogP contribution < -0.4 is 10.7 Å². The number of nitrogens with one attached hydrogen (secondary N) is 1. The van der Waals surface area contributed by atoms with Gasteiger partial charge >= 0.3 is 0 Å². The fourth-order valence-corrected chi connectivity index (χ4v) is 3.76. The number of anilines is 1. The van der Waals surface area contributed by atoms with Gasteiger partial charge in [0.15, 0.2) is 16.2 Å². The van der Waals surface area contributed by atoms with Crippen molar-refractivity contribution in [2.45, 2.75) is 31.9 Å². The highest BCUT2D eigenvalue weighted by atomic mass is 35.5. The first kappa shape index (κ1) is 20.2. The Hall–Kier alpha value is -2.56. The first-order valence-electron chi connectivity index (χ1n) is 8.58. The van der Waals surface area contributed by atoms with Crippen molar-refractivity contribution in [2.75, 3.05) is 11.1 Å². The Morgan fingerprint density at radius 3 is 2.86 bits per heavy atom. The van der Waals surface area contributed by atoms with Gasteiger partial charge in [0.25, 0.3) is 0 Å². The molecule has 3 aromatic rings. The predicted molar refractivity (Wildman–Crippen MR) is 110 cm³/mol. The van der Waals surface area contributed by atoms with Gasteiger partial charge in [-0.25, -0.2) is 9.37 Å². The standard InChI is InChI=1S/C20H17ClFN3O2S/c1-4-28-20-10(2)18(26)14-8-12(22)7-13(19(14)27-20)11(3)24-15-5-6-17(21)25-16(15)9-23/h5-8,11,24H,4H2,1-3H3. The molecule has 3 rings (SSSR count). The average molecular weight is 418 g/mol. The van der Waals surface area contributed by atoms with Crippen LogP contribution in [0.5, 0.6) is 0 Å². The maximum atomic E-state index is 14.3. The van der Waals surface area contributed by atoms with Gasteiger partial charge in [0.2, 0.25) is 0 Å². The van der Waals surface area contributed by atoms with Crippen LogP contribution in [0, 0.1) is 24.1 Å². The van der Waals surface area contributed by atoms with Crippen molar-refractivity contribution in [1.82, 2.24) is 4.98 Å². The predicted octanol–water partition coefficient (Wildman–Crippen LogP) is 5.45. The smallest absolute Gasteiger partial charge is 0.196 e. The molecule has 5 nitrogen and oxygen atoms in total. The van der Waals surface area contributed by atoms with Crippen molar-refractivity contribution in [2.24, 2.45) is 0 Å². The molecule has 0 saturated heterocycles. The Kier molecular flexibility index (Phi) is 5.92. The lowest BCUT2D eigenvalue weighted by molar-refractivity contribution is 0.486. The zero-order valence-electron chi connectivity index (χ0n) is 15.5. The van der Waals surface area contributed by atoms with E-state index in [0.29, 0.717) is 27.5 Å². The second-order valence-electron chi connectivity index (χ2n) is 6.16. The summed E-state index contributed by atoms with van der Waals surface area (Å²) >= 11 is 7.25. The Bertz CT molecular complexity index is 1160. The minimum absolute atomic E-state index is 0.125. The van der Waals surface area contributed by atoms with Crippen LogP contribution in [0.4, 0.5) is 10.1 Å². The maximum Gasteiger partial charge on any atom is 0.196 e. The van der Waals surface area contributed by atoms with Gasteiger partial charge in [-0.05, 0) is 43.9 Å². The van der Waals surface area contributed by atoms with Crippen LogP contribution in [0.1, 0.15) is 36.7 Å². The van der Waals surface area contributed by atoms with Gasteiger partial charge in [-0.3, -0.25) is 4.79 Å². The molecule has 2 heterocycles. The Morgan fingerprint density at radius 1 is 1.43 bits per heavy atom. The van der Waals surface area contributed by atoms with E-state index in [1.807, 2.05) is 13.0 Å². The highest BCUT2D eigenvalue weighted by Crippen LogP contribution is 2.32. The maximum absolute atomic E-state index is 14.3. The molecule has 0 spiro atoms. The van der Waals surface area contributed by atoms with E-state index in [9.17, 15) is 14.4 Å². The second kappa shape index (κ2) is 8.21. The van der Waals surface area contributed by atoms with E-state index in [1.54, 1.807) is 26.0 Å². The largest absolute Gasteiger partial charge is 0.449 e. The first-order valence-corrected chi connectivity index (χ1v) is 9.94. The lowest BCUT2D eigenvalue weighted by atomic mass is 10.0. The van der Waals surface area contributed by atoms with E-state index < -0.39 is 11.9 Å². The van der Waals surface area contributed by atoms with Crippen molar-refractivity contribution in [3.05, 3.63) is 62.3 Å². The number of hydrogen-bond donors (Lipinski definition) is 1.